The number of methoxy groups -OCH3 is 1. The van der Waals surface area contributed by atoms with Gasteiger partial charge in [-0.1, -0.05) is 42.5 Å². The van der Waals surface area contributed by atoms with Gasteiger partial charge >= 0.3 is 0 Å². The molecule has 2 atom stereocenters. The van der Waals surface area contributed by atoms with Gasteiger partial charge in [0.1, 0.15) is 12.4 Å². The summed E-state index contributed by atoms with van der Waals surface area (Å²) in [6.45, 7) is 0.803. The second kappa shape index (κ2) is 9.77. The average molecular weight is 460 g/mol. The number of anilines is 1. The van der Waals surface area contributed by atoms with E-state index < -0.39 is 12.2 Å². The third kappa shape index (κ3) is 4.87. The van der Waals surface area contributed by atoms with Crippen LogP contribution in [0.1, 0.15) is 19.3 Å². The van der Waals surface area contributed by atoms with E-state index in [1.165, 1.54) is 0 Å². The average Bonchev–Trinajstić information content (AvgIpc) is 3.68. The first-order valence-electron chi connectivity index (χ1n) is 11.7. The van der Waals surface area contributed by atoms with Crippen LogP contribution >= 0.6 is 0 Å². The highest BCUT2D eigenvalue weighted by Gasteiger charge is 2.35. The zero-order valence-corrected chi connectivity index (χ0v) is 19.2. The fraction of sp³-hybridized carbons (Fsp3) is 0.321. The number of carbonyl (C=O) groups excluding carboxylic acids is 1. The minimum absolute atomic E-state index is 0.0768. The Balaban J connectivity index is 1.22. The van der Waals surface area contributed by atoms with E-state index >= 15 is 0 Å². The van der Waals surface area contributed by atoms with E-state index in [2.05, 4.69) is 12.1 Å². The van der Waals surface area contributed by atoms with Gasteiger partial charge < -0.3 is 24.2 Å². The molecule has 1 saturated heterocycles. The standard InChI is InChI=1S/C28H29NO5/c1-32-27-17-22(11-14-25(27)33-18-24(30)21-7-8-21)29-16-15-26(28(29)31)34-23-12-9-20(10-13-23)19-5-3-2-4-6-19/h2-6,9-14,17,21,24,26,30H,7-8,15-16,18H2,1H3. The van der Waals surface area contributed by atoms with E-state index in [1.807, 2.05) is 48.5 Å². The fourth-order valence-electron chi connectivity index (χ4n) is 4.28. The van der Waals surface area contributed by atoms with Gasteiger partial charge in [-0.15, -0.1) is 0 Å². The van der Waals surface area contributed by atoms with Crippen LogP contribution in [0.5, 0.6) is 17.2 Å². The van der Waals surface area contributed by atoms with E-state index in [1.54, 1.807) is 24.1 Å². The Labute approximate surface area is 199 Å². The molecular weight excluding hydrogens is 430 g/mol. The lowest BCUT2D eigenvalue weighted by molar-refractivity contribution is -0.122. The molecule has 0 aromatic heterocycles. The maximum atomic E-state index is 13.1. The number of carbonyl (C=O) groups is 1. The van der Waals surface area contributed by atoms with Crippen molar-refractivity contribution >= 4 is 11.6 Å². The van der Waals surface area contributed by atoms with Crippen molar-refractivity contribution in [3.05, 3.63) is 72.8 Å². The number of hydrogen-bond acceptors (Lipinski definition) is 5. The lowest BCUT2D eigenvalue weighted by Gasteiger charge is -2.20. The van der Waals surface area contributed by atoms with Crippen molar-refractivity contribution in [2.75, 3.05) is 25.2 Å². The number of amides is 1. The first kappa shape index (κ1) is 22.3. The number of aliphatic hydroxyl groups is 1. The molecule has 5 rings (SSSR count). The zero-order chi connectivity index (χ0) is 23.5. The fourth-order valence-corrected chi connectivity index (χ4v) is 4.28. The summed E-state index contributed by atoms with van der Waals surface area (Å²) in [7, 11) is 1.57. The van der Waals surface area contributed by atoms with Crippen LogP contribution in [-0.4, -0.2) is 43.5 Å². The minimum atomic E-state index is -0.529. The number of ether oxygens (including phenoxy) is 3. The van der Waals surface area contributed by atoms with Crippen LogP contribution in [0.25, 0.3) is 11.1 Å². The van der Waals surface area contributed by atoms with Gasteiger partial charge in [0.05, 0.1) is 13.2 Å². The first-order valence-corrected chi connectivity index (χ1v) is 11.7. The molecule has 1 aliphatic carbocycles. The van der Waals surface area contributed by atoms with Crippen LogP contribution in [0.2, 0.25) is 0 Å². The van der Waals surface area contributed by atoms with Crippen molar-refractivity contribution in [3.8, 4) is 28.4 Å². The van der Waals surface area contributed by atoms with Gasteiger partial charge in [0.25, 0.3) is 5.91 Å². The summed E-state index contributed by atoms with van der Waals surface area (Å²) in [6.07, 6.45) is 1.73. The van der Waals surface area contributed by atoms with Gasteiger partial charge in [0, 0.05) is 24.7 Å². The minimum Gasteiger partial charge on any atom is -0.493 e. The Bertz CT molecular complexity index is 1130. The molecule has 176 valence electrons. The van der Waals surface area contributed by atoms with E-state index in [0.29, 0.717) is 36.1 Å². The molecule has 0 radical (unpaired) electrons. The van der Waals surface area contributed by atoms with Gasteiger partial charge in [-0.3, -0.25) is 4.79 Å². The van der Waals surface area contributed by atoms with Gasteiger partial charge in [-0.05, 0) is 54.2 Å². The first-order chi connectivity index (χ1) is 16.6. The van der Waals surface area contributed by atoms with Gasteiger partial charge in [-0.25, -0.2) is 0 Å². The molecule has 2 unspecified atom stereocenters. The molecule has 1 N–H and O–H groups in total. The lowest BCUT2D eigenvalue weighted by Crippen LogP contribution is -2.32. The van der Waals surface area contributed by atoms with Crippen molar-refractivity contribution in [1.82, 2.24) is 0 Å². The number of benzene rings is 3. The molecule has 6 nitrogen and oxygen atoms in total. The molecule has 1 saturated carbocycles. The molecular formula is C28H29NO5. The second-order valence-corrected chi connectivity index (χ2v) is 8.83. The lowest BCUT2D eigenvalue weighted by atomic mass is 10.1. The van der Waals surface area contributed by atoms with E-state index in [4.69, 9.17) is 14.2 Å². The summed E-state index contributed by atoms with van der Waals surface area (Å²) in [5.74, 6) is 2.04. The maximum absolute atomic E-state index is 13.1. The van der Waals surface area contributed by atoms with Crippen molar-refractivity contribution in [1.29, 1.82) is 0 Å². The summed E-state index contributed by atoms with van der Waals surface area (Å²) < 4.78 is 17.3. The largest absolute Gasteiger partial charge is 0.493 e. The Morgan fingerprint density at radius 3 is 2.38 bits per heavy atom. The summed E-state index contributed by atoms with van der Waals surface area (Å²) in [4.78, 5) is 14.8. The highest BCUT2D eigenvalue weighted by atomic mass is 16.5. The zero-order valence-electron chi connectivity index (χ0n) is 19.2. The van der Waals surface area contributed by atoms with Crippen LogP contribution in [0.3, 0.4) is 0 Å². The molecule has 2 fully saturated rings. The number of hydrogen-bond donors (Lipinski definition) is 1. The van der Waals surface area contributed by atoms with Crippen LogP contribution in [-0.2, 0) is 4.79 Å². The Morgan fingerprint density at radius 1 is 0.941 bits per heavy atom. The van der Waals surface area contributed by atoms with Gasteiger partial charge in [0.2, 0.25) is 0 Å². The molecule has 0 bridgehead atoms. The highest BCUT2D eigenvalue weighted by Crippen LogP contribution is 2.36. The van der Waals surface area contributed by atoms with Crippen molar-refractivity contribution in [2.24, 2.45) is 5.92 Å². The highest BCUT2D eigenvalue weighted by molar-refractivity contribution is 5.99. The second-order valence-electron chi connectivity index (χ2n) is 8.83. The number of rotatable bonds is 9. The molecule has 1 amide bonds. The van der Waals surface area contributed by atoms with E-state index in [-0.39, 0.29) is 12.5 Å². The van der Waals surface area contributed by atoms with Crippen molar-refractivity contribution < 1.29 is 24.1 Å². The SMILES string of the molecule is COc1cc(N2CCC(Oc3ccc(-c4ccccc4)cc3)C2=O)ccc1OCC(O)C1CC1. The van der Waals surface area contributed by atoms with Crippen molar-refractivity contribution in [2.45, 2.75) is 31.5 Å². The molecule has 2 aliphatic rings. The van der Waals surface area contributed by atoms with E-state index in [9.17, 15) is 9.90 Å². The molecule has 6 heteroatoms. The molecule has 3 aromatic rings. The topological polar surface area (TPSA) is 68.2 Å². The number of aliphatic hydroxyl groups excluding tert-OH is 1. The summed E-state index contributed by atoms with van der Waals surface area (Å²) in [5.41, 5.74) is 2.98. The quantitative estimate of drug-likeness (QED) is 0.503. The Kier molecular flexibility index (Phi) is 6.41. The number of nitrogens with zero attached hydrogens (tertiary/aromatic N) is 1. The molecule has 1 heterocycles. The van der Waals surface area contributed by atoms with Gasteiger partial charge in [-0.2, -0.15) is 0 Å². The van der Waals surface area contributed by atoms with Crippen LogP contribution < -0.4 is 19.1 Å². The van der Waals surface area contributed by atoms with Crippen molar-refractivity contribution in [3.63, 3.8) is 0 Å². The molecule has 3 aromatic carbocycles. The summed E-state index contributed by atoms with van der Waals surface area (Å²) in [6, 6.07) is 23.4. The Hall–Kier alpha value is -3.51. The summed E-state index contributed by atoms with van der Waals surface area (Å²) in [5, 5.41) is 10.1. The Morgan fingerprint density at radius 2 is 1.68 bits per heavy atom. The molecule has 34 heavy (non-hydrogen) atoms. The van der Waals surface area contributed by atoms with Crippen LogP contribution in [0, 0.1) is 5.92 Å². The third-order valence-electron chi connectivity index (χ3n) is 6.43. The normalized spacial score (nSPS) is 18.6. The monoisotopic (exact) mass is 459 g/mol. The van der Waals surface area contributed by atoms with Crippen LogP contribution in [0.15, 0.2) is 72.8 Å². The van der Waals surface area contributed by atoms with Gasteiger partial charge in [0.15, 0.2) is 17.6 Å². The predicted octanol–water partition coefficient (Wildman–Crippen LogP) is 4.70. The summed E-state index contributed by atoms with van der Waals surface area (Å²) >= 11 is 0. The predicted molar refractivity (Wildman–Crippen MR) is 130 cm³/mol. The smallest absolute Gasteiger partial charge is 0.268 e. The maximum Gasteiger partial charge on any atom is 0.268 e. The van der Waals surface area contributed by atoms with Crippen LogP contribution in [0.4, 0.5) is 5.69 Å². The third-order valence-corrected chi connectivity index (χ3v) is 6.43. The molecule has 0 spiro atoms. The van der Waals surface area contributed by atoms with E-state index in [0.717, 1.165) is 29.7 Å². The molecule has 1 aliphatic heterocycles.